The van der Waals surface area contributed by atoms with Gasteiger partial charge in [-0.2, -0.15) is 0 Å². The molecule has 0 heterocycles. The maximum absolute atomic E-state index is 11.0. The van der Waals surface area contributed by atoms with E-state index in [0.717, 1.165) is 32.5 Å². The molecule has 90 valence electrons. The number of carbonyl (C=O) groups excluding carboxylic acids is 1. The van der Waals surface area contributed by atoms with E-state index in [1.165, 1.54) is 6.42 Å². The second-order valence-electron chi connectivity index (χ2n) is 3.64. The molecule has 0 saturated carbocycles. The van der Waals surface area contributed by atoms with E-state index in [1.807, 2.05) is 6.92 Å². The first-order chi connectivity index (χ1) is 7.24. The van der Waals surface area contributed by atoms with Gasteiger partial charge in [-0.1, -0.05) is 20.3 Å². The van der Waals surface area contributed by atoms with Crippen molar-refractivity contribution in [3.8, 4) is 0 Å². The zero-order valence-corrected chi connectivity index (χ0v) is 10.4. The molecule has 0 aromatic rings. The lowest BCUT2D eigenvalue weighted by Gasteiger charge is -2.17. The van der Waals surface area contributed by atoms with E-state index in [1.54, 1.807) is 0 Å². The van der Waals surface area contributed by atoms with Crippen LogP contribution in [0.1, 0.15) is 46.5 Å². The molecule has 0 aromatic carbocycles. The molecule has 0 unspecified atom stereocenters. The molecule has 0 atom stereocenters. The molecule has 0 aromatic heterocycles. The van der Waals surface area contributed by atoms with Gasteiger partial charge < -0.3 is 9.64 Å². The van der Waals surface area contributed by atoms with E-state index >= 15 is 0 Å². The van der Waals surface area contributed by atoms with Gasteiger partial charge in [0.2, 0.25) is 0 Å². The fourth-order valence-electron chi connectivity index (χ4n) is 1.55. The number of unbranched alkanes of at least 4 members (excludes halogenated alkanes) is 2. The molecule has 15 heavy (non-hydrogen) atoms. The van der Waals surface area contributed by atoms with Crippen molar-refractivity contribution in [3.05, 3.63) is 0 Å². The lowest BCUT2D eigenvalue weighted by atomic mass is 10.2. The standard InChI is InChI=1S/C12H25NO2/c1-4-13(5-2)11-9-7-8-10-12(14)15-6-3/h4-11H2,1-3H3. The molecule has 0 aliphatic rings. The Hall–Kier alpha value is -0.570. The van der Waals surface area contributed by atoms with E-state index in [0.29, 0.717) is 13.0 Å². The lowest BCUT2D eigenvalue weighted by molar-refractivity contribution is -0.143. The van der Waals surface area contributed by atoms with Crippen molar-refractivity contribution in [3.63, 3.8) is 0 Å². The van der Waals surface area contributed by atoms with E-state index in [9.17, 15) is 4.79 Å². The van der Waals surface area contributed by atoms with Crippen molar-refractivity contribution < 1.29 is 9.53 Å². The number of hydrogen-bond acceptors (Lipinski definition) is 3. The van der Waals surface area contributed by atoms with Crippen LogP contribution in [-0.2, 0) is 9.53 Å². The summed E-state index contributed by atoms with van der Waals surface area (Å²) >= 11 is 0. The number of rotatable bonds is 9. The van der Waals surface area contributed by atoms with Gasteiger partial charge in [0.25, 0.3) is 0 Å². The third-order valence-corrected chi connectivity index (χ3v) is 2.55. The minimum atomic E-state index is -0.0552. The third kappa shape index (κ3) is 8.43. The average molecular weight is 215 g/mol. The van der Waals surface area contributed by atoms with Gasteiger partial charge in [0.05, 0.1) is 6.61 Å². The topological polar surface area (TPSA) is 29.5 Å². The molecule has 0 aliphatic carbocycles. The first-order valence-electron chi connectivity index (χ1n) is 6.12. The first kappa shape index (κ1) is 14.4. The van der Waals surface area contributed by atoms with Crippen LogP contribution in [0.25, 0.3) is 0 Å². The summed E-state index contributed by atoms with van der Waals surface area (Å²) in [6.07, 6.45) is 3.84. The van der Waals surface area contributed by atoms with E-state index in [-0.39, 0.29) is 5.97 Å². The second-order valence-corrected chi connectivity index (χ2v) is 3.64. The molecule has 0 spiro atoms. The van der Waals surface area contributed by atoms with Crippen molar-refractivity contribution in [2.75, 3.05) is 26.2 Å². The highest BCUT2D eigenvalue weighted by atomic mass is 16.5. The Labute approximate surface area is 93.8 Å². The average Bonchev–Trinajstić information content (AvgIpc) is 2.24. The molecular weight excluding hydrogens is 190 g/mol. The Morgan fingerprint density at radius 2 is 1.73 bits per heavy atom. The molecule has 0 aliphatic heterocycles. The van der Waals surface area contributed by atoms with Gasteiger partial charge in [0, 0.05) is 6.42 Å². The van der Waals surface area contributed by atoms with Crippen LogP contribution in [0.15, 0.2) is 0 Å². The molecule has 3 nitrogen and oxygen atoms in total. The molecule has 3 heteroatoms. The van der Waals surface area contributed by atoms with Gasteiger partial charge in [-0.3, -0.25) is 4.79 Å². The quantitative estimate of drug-likeness (QED) is 0.437. The number of hydrogen-bond donors (Lipinski definition) is 0. The SMILES string of the molecule is CCOC(=O)CCCCCN(CC)CC. The van der Waals surface area contributed by atoms with Crippen LogP contribution in [0.5, 0.6) is 0 Å². The highest BCUT2D eigenvalue weighted by Gasteiger charge is 2.02. The van der Waals surface area contributed by atoms with E-state index in [4.69, 9.17) is 4.74 Å². The molecule has 0 rings (SSSR count). The monoisotopic (exact) mass is 215 g/mol. The largest absolute Gasteiger partial charge is 0.466 e. The molecular formula is C12H25NO2. The summed E-state index contributed by atoms with van der Waals surface area (Å²) in [5.74, 6) is -0.0552. The minimum Gasteiger partial charge on any atom is -0.466 e. The summed E-state index contributed by atoms with van der Waals surface area (Å²) in [5.41, 5.74) is 0. The fourth-order valence-corrected chi connectivity index (χ4v) is 1.55. The minimum absolute atomic E-state index is 0.0552. The van der Waals surface area contributed by atoms with Crippen molar-refractivity contribution in [1.82, 2.24) is 4.90 Å². The maximum atomic E-state index is 11.0. The van der Waals surface area contributed by atoms with Crippen LogP contribution in [0, 0.1) is 0 Å². The van der Waals surface area contributed by atoms with Gasteiger partial charge in [-0.15, -0.1) is 0 Å². The molecule has 0 N–H and O–H groups in total. The molecule has 0 radical (unpaired) electrons. The van der Waals surface area contributed by atoms with Crippen molar-refractivity contribution in [2.24, 2.45) is 0 Å². The van der Waals surface area contributed by atoms with Crippen LogP contribution >= 0.6 is 0 Å². The van der Waals surface area contributed by atoms with Gasteiger partial charge in [-0.05, 0) is 39.4 Å². The van der Waals surface area contributed by atoms with E-state index < -0.39 is 0 Å². The van der Waals surface area contributed by atoms with Gasteiger partial charge in [0.1, 0.15) is 0 Å². The van der Waals surface area contributed by atoms with Crippen LogP contribution in [0.2, 0.25) is 0 Å². The number of ether oxygens (including phenoxy) is 1. The van der Waals surface area contributed by atoms with Crippen LogP contribution in [-0.4, -0.2) is 37.1 Å². The predicted molar refractivity (Wildman–Crippen MR) is 62.9 cm³/mol. The maximum Gasteiger partial charge on any atom is 0.305 e. The Morgan fingerprint density at radius 3 is 2.27 bits per heavy atom. The Morgan fingerprint density at radius 1 is 1.07 bits per heavy atom. The summed E-state index contributed by atoms with van der Waals surface area (Å²) < 4.78 is 4.86. The van der Waals surface area contributed by atoms with Gasteiger partial charge in [-0.25, -0.2) is 0 Å². The van der Waals surface area contributed by atoms with Gasteiger partial charge in [0.15, 0.2) is 0 Å². The van der Waals surface area contributed by atoms with Crippen LogP contribution in [0.4, 0.5) is 0 Å². The normalized spacial score (nSPS) is 10.7. The first-order valence-corrected chi connectivity index (χ1v) is 6.12. The van der Waals surface area contributed by atoms with Crippen LogP contribution < -0.4 is 0 Å². The highest BCUT2D eigenvalue weighted by Crippen LogP contribution is 2.03. The number of nitrogens with zero attached hydrogens (tertiary/aromatic N) is 1. The molecule has 0 saturated heterocycles. The van der Waals surface area contributed by atoms with Crippen LogP contribution in [0.3, 0.4) is 0 Å². The summed E-state index contributed by atoms with van der Waals surface area (Å²) in [7, 11) is 0. The number of esters is 1. The lowest BCUT2D eigenvalue weighted by Crippen LogP contribution is -2.23. The summed E-state index contributed by atoms with van der Waals surface area (Å²) in [4.78, 5) is 13.4. The third-order valence-electron chi connectivity index (χ3n) is 2.55. The number of carbonyl (C=O) groups is 1. The Bertz CT molecular complexity index is 156. The zero-order valence-electron chi connectivity index (χ0n) is 10.4. The van der Waals surface area contributed by atoms with E-state index in [2.05, 4.69) is 18.7 Å². The highest BCUT2D eigenvalue weighted by molar-refractivity contribution is 5.69. The predicted octanol–water partition coefficient (Wildman–Crippen LogP) is 2.45. The second kappa shape index (κ2) is 9.97. The molecule has 0 amide bonds. The Kier molecular flexibility index (Phi) is 9.59. The van der Waals surface area contributed by atoms with Crippen molar-refractivity contribution >= 4 is 5.97 Å². The van der Waals surface area contributed by atoms with Crippen molar-refractivity contribution in [1.29, 1.82) is 0 Å². The van der Waals surface area contributed by atoms with Crippen molar-refractivity contribution in [2.45, 2.75) is 46.5 Å². The summed E-state index contributed by atoms with van der Waals surface area (Å²) in [6.45, 7) is 10.1. The Balaban J connectivity index is 3.27. The fraction of sp³-hybridized carbons (Fsp3) is 0.917. The van der Waals surface area contributed by atoms with Gasteiger partial charge >= 0.3 is 5.97 Å². The summed E-state index contributed by atoms with van der Waals surface area (Å²) in [6, 6.07) is 0. The smallest absolute Gasteiger partial charge is 0.305 e. The molecule has 0 fully saturated rings. The zero-order chi connectivity index (χ0) is 11.5. The molecule has 0 bridgehead atoms. The summed E-state index contributed by atoms with van der Waals surface area (Å²) in [5, 5.41) is 0.